The summed E-state index contributed by atoms with van der Waals surface area (Å²) in [6.07, 6.45) is 6.14. The SMILES string of the molecule is C=C/C(=C(\C)C(C)C)C(C)C.C=C/C(=C(\NC)C(C)C)C(C)C.COCc1cn(C)c(C(C)C)c1C(C)C. The van der Waals surface area contributed by atoms with Crippen molar-refractivity contribution in [2.75, 3.05) is 14.2 Å². The van der Waals surface area contributed by atoms with Crippen LogP contribution in [-0.4, -0.2) is 18.7 Å². The number of aryl methyl sites for hydroxylation is 1. The van der Waals surface area contributed by atoms with Gasteiger partial charge in [-0.2, -0.15) is 0 Å². The first-order valence-electron chi connectivity index (χ1n) is 14.6. The molecule has 0 amide bonds. The molecule has 0 spiro atoms. The van der Waals surface area contributed by atoms with E-state index in [4.69, 9.17) is 4.74 Å². The van der Waals surface area contributed by atoms with Crippen molar-refractivity contribution in [1.82, 2.24) is 9.88 Å². The fraction of sp³-hybridized carbons (Fsp3) is 0.657. The fourth-order valence-corrected chi connectivity index (χ4v) is 4.99. The highest BCUT2D eigenvalue weighted by Gasteiger charge is 2.18. The maximum Gasteiger partial charge on any atom is 0.0730 e. The molecule has 1 aromatic heterocycles. The van der Waals surface area contributed by atoms with Crippen molar-refractivity contribution in [2.24, 2.45) is 30.7 Å². The van der Waals surface area contributed by atoms with Gasteiger partial charge in [-0.3, -0.25) is 0 Å². The van der Waals surface area contributed by atoms with Crippen molar-refractivity contribution in [1.29, 1.82) is 0 Å². The van der Waals surface area contributed by atoms with Gasteiger partial charge in [-0.15, -0.1) is 0 Å². The molecule has 1 heterocycles. The number of rotatable bonds is 11. The Bertz CT molecular complexity index is 889. The summed E-state index contributed by atoms with van der Waals surface area (Å²) in [5, 5.41) is 3.24. The minimum atomic E-state index is 0.547. The largest absolute Gasteiger partial charge is 0.391 e. The van der Waals surface area contributed by atoms with E-state index in [1.165, 1.54) is 39.2 Å². The zero-order chi connectivity index (χ0) is 30.3. The lowest BCUT2D eigenvalue weighted by Crippen LogP contribution is -2.16. The molecule has 38 heavy (non-hydrogen) atoms. The van der Waals surface area contributed by atoms with Crippen LogP contribution in [0.5, 0.6) is 0 Å². The predicted molar refractivity (Wildman–Crippen MR) is 173 cm³/mol. The lowest BCUT2D eigenvalue weighted by Gasteiger charge is -2.18. The molecular weight excluding hydrogens is 464 g/mol. The lowest BCUT2D eigenvalue weighted by molar-refractivity contribution is 0.184. The van der Waals surface area contributed by atoms with Crippen LogP contribution in [0.1, 0.15) is 119 Å². The van der Waals surface area contributed by atoms with Gasteiger partial charge in [0.25, 0.3) is 0 Å². The molecule has 0 aliphatic carbocycles. The summed E-state index contributed by atoms with van der Waals surface area (Å²) >= 11 is 0. The van der Waals surface area contributed by atoms with Gasteiger partial charge in [0.15, 0.2) is 0 Å². The number of allylic oxidation sites excluding steroid dienone is 6. The molecule has 0 aliphatic rings. The van der Waals surface area contributed by atoms with E-state index in [9.17, 15) is 0 Å². The summed E-state index contributed by atoms with van der Waals surface area (Å²) < 4.78 is 7.50. The predicted octanol–water partition coefficient (Wildman–Crippen LogP) is 10.2. The Kier molecular flexibility index (Phi) is 19.2. The van der Waals surface area contributed by atoms with E-state index in [2.05, 4.69) is 126 Å². The Hall–Kier alpha value is -2.00. The van der Waals surface area contributed by atoms with E-state index in [-0.39, 0.29) is 0 Å². The molecule has 1 N–H and O–H groups in total. The molecule has 0 bridgehead atoms. The average Bonchev–Trinajstić information content (AvgIpc) is 3.14. The van der Waals surface area contributed by atoms with Gasteiger partial charge in [0, 0.05) is 38.8 Å². The van der Waals surface area contributed by atoms with Crippen LogP contribution >= 0.6 is 0 Å². The minimum absolute atomic E-state index is 0.547. The van der Waals surface area contributed by atoms with Gasteiger partial charge in [-0.05, 0) is 64.7 Å². The van der Waals surface area contributed by atoms with E-state index < -0.39 is 0 Å². The van der Waals surface area contributed by atoms with E-state index in [0.29, 0.717) is 42.1 Å². The average molecular weight is 529 g/mol. The van der Waals surface area contributed by atoms with Crippen LogP contribution in [0, 0.1) is 23.7 Å². The van der Waals surface area contributed by atoms with Crippen LogP contribution in [0.3, 0.4) is 0 Å². The van der Waals surface area contributed by atoms with E-state index in [1.54, 1.807) is 7.11 Å². The molecule has 0 aromatic carbocycles. The third-order valence-electron chi connectivity index (χ3n) is 6.94. The Labute approximate surface area is 238 Å². The van der Waals surface area contributed by atoms with Crippen LogP contribution in [-0.2, 0) is 18.4 Å². The maximum absolute atomic E-state index is 5.25. The van der Waals surface area contributed by atoms with Gasteiger partial charge in [0.05, 0.1) is 6.61 Å². The molecule has 220 valence electrons. The minimum Gasteiger partial charge on any atom is -0.391 e. The first kappa shape index (κ1) is 38.1. The zero-order valence-corrected chi connectivity index (χ0v) is 28.2. The zero-order valence-electron chi connectivity index (χ0n) is 28.2. The molecule has 0 unspecified atom stereocenters. The summed E-state index contributed by atoms with van der Waals surface area (Å²) in [6, 6.07) is 0. The van der Waals surface area contributed by atoms with E-state index >= 15 is 0 Å². The van der Waals surface area contributed by atoms with Gasteiger partial charge in [0.2, 0.25) is 0 Å². The molecule has 0 aliphatic heterocycles. The summed E-state index contributed by atoms with van der Waals surface area (Å²) in [7, 11) is 5.85. The van der Waals surface area contributed by atoms with Crippen LogP contribution in [0.15, 0.2) is 53.9 Å². The summed E-state index contributed by atoms with van der Waals surface area (Å²) in [5.41, 5.74) is 9.74. The Morgan fingerprint density at radius 3 is 1.50 bits per heavy atom. The molecule has 0 atom stereocenters. The maximum atomic E-state index is 5.25. The van der Waals surface area contributed by atoms with Crippen LogP contribution in [0.4, 0.5) is 0 Å². The standard InChI is InChI=1S/C13H23NO.C11H21N.C11H20/c1-9(2)12-11(8-15-6)7-14(5)13(12)10(3)4;1-7-10(8(2)3)11(12-6)9(4)5;1-7-11(9(4)5)10(6)8(2)3/h7,9-10H,8H2,1-6H3;7-9,12H,1H2,2-6H3;7-9H,1H2,2-6H3/b;11-10+;11-10-. The monoisotopic (exact) mass is 529 g/mol. The molecule has 0 radical (unpaired) electrons. The highest BCUT2D eigenvalue weighted by atomic mass is 16.5. The van der Waals surface area contributed by atoms with Gasteiger partial charge in [-0.25, -0.2) is 0 Å². The summed E-state index contributed by atoms with van der Waals surface area (Å²) in [6.45, 7) is 37.2. The molecular formula is C35H64N2O. The van der Waals surface area contributed by atoms with Crippen molar-refractivity contribution >= 4 is 0 Å². The van der Waals surface area contributed by atoms with Crippen molar-refractivity contribution in [3.63, 3.8) is 0 Å². The third kappa shape index (κ3) is 12.2. The fourth-order valence-electron chi connectivity index (χ4n) is 4.99. The molecule has 0 saturated carbocycles. The molecule has 3 nitrogen and oxygen atoms in total. The molecule has 0 saturated heterocycles. The quantitative estimate of drug-likeness (QED) is 0.289. The van der Waals surface area contributed by atoms with E-state index in [0.717, 1.165) is 0 Å². The Balaban J connectivity index is 0. The molecule has 0 fully saturated rings. The number of nitrogens with one attached hydrogen (secondary N) is 1. The second-order valence-electron chi connectivity index (χ2n) is 12.1. The number of hydrogen-bond acceptors (Lipinski definition) is 2. The van der Waals surface area contributed by atoms with E-state index in [1.807, 2.05) is 19.2 Å². The number of hydrogen-bond donors (Lipinski definition) is 1. The summed E-state index contributed by atoms with van der Waals surface area (Å²) in [5.74, 6) is 3.48. The second-order valence-corrected chi connectivity index (χ2v) is 12.1. The lowest BCUT2D eigenvalue weighted by atomic mass is 9.92. The van der Waals surface area contributed by atoms with Crippen molar-refractivity contribution in [2.45, 2.75) is 108 Å². The number of methoxy groups -OCH3 is 1. The second kappa shape index (κ2) is 19.1. The summed E-state index contributed by atoms with van der Waals surface area (Å²) in [4.78, 5) is 0. The van der Waals surface area contributed by atoms with Gasteiger partial charge < -0.3 is 14.6 Å². The number of aromatic nitrogens is 1. The van der Waals surface area contributed by atoms with Crippen LogP contribution in [0.2, 0.25) is 0 Å². The smallest absolute Gasteiger partial charge is 0.0730 e. The molecule has 1 aromatic rings. The van der Waals surface area contributed by atoms with Crippen molar-refractivity contribution in [3.8, 4) is 0 Å². The van der Waals surface area contributed by atoms with Gasteiger partial charge in [-0.1, -0.05) is 114 Å². The third-order valence-corrected chi connectivity index (χ3v) is 6.94. The van der Waals surface area contributed by atoms with Crippen molar-refractivity contribution in [3.05, 3.63) is 70.7 Å². The Morgan fingerprint density at radius 1 is 0.816 bits per heavy atom. The first-order chi connectivity index (χ1) is 17.5. The Morgan fingerprint density at radius 2 is 1.29 bits per heavy atom. The first-order valence-corrected chi connectivity index (χ1v) is 14.6. The molecule has 3 heteroatoms. The van der Waals surface area contributed by atoms with Gasteiger partial charge >= 0.3 is 0 Å². The van der Waals surface area contributed by atoms with Gasteiger partial charge in [0.1, 0.15) is 0 Å². The normalized spacial score (nSPS) is 12.8. The highest BCUT2D eigenvalue weighted by molar-refractivity contribution is 5.36. The number of ether oxygens (including phenoxy) is 1. The highest BCUT2D eigenvalue weighted by Crippen LogP contribution is 2.31. The number of nitrogens with zero attached hydrogens (tertiary/aromatic N) is 1. The molecule has 1 rings (SSSR count). The van der Waals surface area contributed by atoms with Crippen molar-refractivity contribution < 1.29 is 4.74 Å². The van der Waals surface area contributed by atoms with Crippen LogP contribution < -0.4 is 5.32 Å². The topological polar surface area (TPSA) is 26.2 Å². The van der Waals surface area contributed by atoms with Crippen LogP contribution in [0.25, 0.3) is 0 Å².